The minimum atomic E-state index is -0.0780. The van der Waals surface area contributed by atoms with E-state index in [1.807, 2.05) is 0 Å². The van der Waals surface area contributed by atoms with Gasteiger partial charge in [-0.05, 0) is 0 Å². The molecule has 0 saturated heterocycles. The number of thioether (sulfide) groups is 1. The molecule has 0 aromatic carbocycles. The van der Waals surface area contributed by atoms with E-state index >= 15 is 0 Å². The second kappa shape index (κ2) is 9.02. The summed E-state index contributed by atoms with van der Waals surface area (Å²) in [6, 6.07) is 0. The highest BCUT2D eigenvalue weighted by Crippen LogP contribution is 1.97. The van der Waals surface area contributed by atoms with Gasteiger partial charge >= 0.3 is 0 Å². The predicted molar refractivity (Wildman–Crippen MR) is 55.5 cm³/mol. The summed E-state index contributed by atoms with van der Waals surface area (Å²) < 4.78 is 0. The quantitative estimate of drug-likeness (QED) is 0.691. The third kappa shape index (κ3) is 9.93. The molecule has 0 rings (SSSR count). The average molecular weight is 257 g/mol. The van der Waals surface area contributed by atoms with E-state index < -0.39 is 0 Å². The van der Waals surface area contributed by atoms with E-state index in [9.17, 15) is 9.59 Å². The van der Waals surface area contributed by atoms with Crippen LogP contribution in [0.1, 0.15) is 6.92 Å². The molecule has 0 aliphatic heterocycles. The van der Waals surface area contributed by atoms with Gasteiger partial charge in [-0.25, -0.2) is 0 Å². The fourth-order valence-electron chi connectivity index (χ4n) is 0.451. The Morgan fingerprint density at radius 2 is 2.08 bits per heavy atom. The Morgan fingerprint density at radius 3 is 2.50 bits per heavy atom. The Hall–Kier alpha value is -0.0700. The van der Waals surface area contributed by atoms with Crippen LogP contribution in [0.5, 0.6) is 0 Å². The summed E-state index contributed by atoms with van der Waals surface area (Å²) in [6.45, 7) is 2.02. The Kier molecular flexibility index (Phi) is 10.9. The van der Waals surface area contributed by atoms with Crippen LogP contribution >= 0.6 is 28.7 Å². The molecule has 12 heavy (non-hydrogen) atoms. The molecular formula is C6H13BrN2O2S. The van der Waals surface area contributed by atoms with Crippen LogP contribution in [0.4, 0.5) is 0 Å². The van der Waals surface area contributed by atoms with Gasteiger partial charge in [0, 0.05) is 19.2 Å². The van der Waals surface area contributed by atoms with E-state index in [1.54, 1.807) is 0 Å². The summed E-state index contributed by atoms with van der Waals surface area (Å²) in [5, 5.41) is 2.53. The fourth-order valence-corrected chi connectivity index (χ4v) is 1.00. The summed E-state index contributed by atoms with van der Waals surface area (Å²) in [7, 11) is 0. The molecule has 6 heteroatoms. The van der Waals surface area contributed by atoms with Crippen molar-refractivity contribution in [2.24, 2.45) is 5.73 Å². The van der Waals surface area contributed by atoms with Crippen LogP contribution in [-0.4, -0.2) is 29.9 Å². The van der Waals surface area contributed by atoms with Gasteiger partial charge in [0.15, 0.2) is 0 Å². The van der Waals surface area contributed by atoms with Crippen molar-refractivity contribution in [3.05, 3.63) is 0 Å². The van der Waals surface area contributed by atoms with Crippen molar-refractivity contribution in [2.75, 3.05) is 18.8 Å². The third-order valence-corrected chi connectivity index (χ3v) is 1.80. The standard InChI is InChI=1S/C6H12N2O2S.BrH/c1-5(9)8-2-3-11-6(10)4-7;/h2-4,7H2,1H3,(H,8,9);1H. The molecule has 0 aliphatic rings. The maximum absolute atomic E-state index is 10.6. The van der Waals surface area contributed by atoms with E-state index in [2.05, 4.69) is 5.32 Å². The lowest BCUT2D eigenvalue weighted by atomic mass is 10.6. The van der Waals surface area contributed by atoms with Crippen LogP contribution in [-0.2, 0) is 9.59 Å². The Balaban J connectivity index is 0. The summed E-state index contributed by atoms with van der Waals surface area (Å²) >= 11 is 1.14. The Morgan fingerprint density at radius 1 is 1.50 bits per heavy atom. The van der Waals surface area contributed by atoms with Gasteiger partial charge in [0.1, 0.15) is 0 Å². The zero-order valence-electron chi connectivity index (χ0n) is 6.83. The van der Waals surface area contributed by atoms with Gasteiger partial charge in [-0.3, -0.25) is 9.59 Å². The molecule has 0 aliphatic carbocycles. The zero-order chi connectivity index (χ0) is 8.69. The molecule has 0 heterocycles. The lowest BCUT2D eigenvalue weighted by Gasteiger charge is -1.99. The van der Waals surface area contributed by atoms with E-state index in [4.69, 9.17) is 5.73 Å². The lowest BCUT2D eigenvalue weighted by Crippen LogP contribution is -2.23. The van der Waals surface area contributed by atoms with Crippen molar-refractivity contribution in [2.45, 2.75) is 6.92 Å². The Bertz CT molecular complexity index is 154. The SMILES string of the molecule is Br.CC(=O)NCCSC(=O)CN. The maximum atomic E-state index is 10.6. The van der Waals surface area contributed by atoms with E-state index in [0.717, 1.165) is 11.8 Å². The van der Waals surface area contributed by atoms with Crippen LogP contribution in [0.2, 0.25) is 0 Å². The summed E-state index contributed by atoms with van der Waals surface area (Å²) in [6.07, 6.45) is 0. The molecule has 0 aromatic rings. The summed E-state index contributed by atoms with van der Waals surface area (Å²) in [5.41, 5.74) is 5.06. The minimum Gasteiger partial charge on any atom is -0.356 e. The van der Waals surface area contributed by atoms with Gasteiger partial charge < -0.3 is 11.1 Å². The van der Waals surface area contributed by atoms with Crippen molar-refractivity contribution in [3.63, 3.8) is 0 Å². The predicted octanol–water partition coefficient (Wildman–Crippen LogP) is -0.0811. The molecule has 0 unspecified atom stereocenters. The topological polar surface area (TPSA) is 72.2 Å². The lowest BCUT2D eigenvalue weighted by molar-refractivity contribution is -0.118. The second-order valence-corrected chi connectivity index (χ2v) is 3.06. The molecule has 0 bridgehead atoms. The normalized spacial score (nSPS) is 8.50. The van der Waals surface area contributed by atoms with Crippen molar-refractivity contribution >= 4 is 39.8 Å². The number of halogens is 1. The first kappa shape index (κ1) is 14.5. The third-order valence-electron chi connectivity index (χ3n) is 0.906. The fraction of sp³-hybridized carbons (Fsp3) is 0.667. The number of hydrogen-bond acceptors (Lipinski definition) is 4. The van der Waals surface area contributed by atoms with Crippen molar-refractivity contribution in [1.82, 2.24) is 5.32 Å². The molecule has 0 saturated carbocycles. The number of carbonyl (C=O) groups excluding carboxylic acids is 2. The molecule has 0 fully saturated rings. The number of hydrogen-bond donors (Lipinski definition) is 2. The van der Waals surface area contributed by atoms with E-state index in [1.165, 1.54) is 6.92 Å². The van der Waals surface area contributed by atoms with Crippen molar-refractivity contribution in [3.8, 4) is 0 Å². The molecule has 0 radical (unpaired) electrons. The number of amides is 1. The van der Waals surface area contributed by atoms with Crippen LogP contribution in [0.3, 0.4) is 0 Å². The van der Waals surface area contributed by atoms with Crippen LogP contribution in [0.15, 0.2) is 0 Å². The van der Waals surface area contributed by atoms with Gasteiger partial charge in [-0.2, -0.15) is 0 Å². The maximum Gasteiger partial charge on any atom is 0.216 e. The van der Waals surface area contributed by atoms with Crippen molar-refractivity contribution in [1.29, 1.82) is 0 Å². The molecular weight excluding hydrogens is 244 g/mol. The van der Waals surface area contributed by atoms with Crippen LogP contribution < -0.4 is 11.1 Å². The molecule has 0 atom stereocenters. The zero-order valence-corrected chi connectivity index (χ0v) is 9.36. The number of nitrogens with one attached hydrogen (secondary N) is 1. The van der Waals surface area contributed by atoms with Crippen molar-refractivity contribution < 1.29 is 9.59 Å². The summed E-state index contributed by atoms with van der Waals surface area (Å²) in [5.74, 6) is 0.515. The van der Waals surface area contributed by atoms with Crippen LogP contribution in [0, 0.1) is 0 Å². The summed E-state index contributed by atoms with van der Waals surface area (Å²) in [4.78, 5) is 20.9. The molecule has 0 aromatic heterocycles. The molecule has 0 spiro atoms. The van der Waals surface area contributed by atoms with E-state index in [-0.39, 0.29) is 34.5 Å². The molecule has 3 N–H and O–H groups in total. The van der Waals surface area contributed by atoms with Gasteiger partial charge in [-0.15, -0.1) is 17.0 Å². The molecule has 4 nitrogen and oxygen atoms in total. The van der Waals surface area contributed by atoms with Gasteiger partial charge in [0.05, 0.1) is 6.54 Å². The van der Waals surface area contributed by atoms with Crippen LogP contribution in [0.25, 0.3) is 0 Å². The monoisotopic (exact) mass is 256 g/mol. The first-order chi connectivity index (χ1) is 5.16. The Labute approximate surface area is 86.4 Å². The molecule has 72 valence electrons. The minimum absolute atomic E-state index is 0. The highest BCUT2D eigenvalue weighted by atomic mass is 79.9. The highest BCUT2D eigenvalue weighted by molar-refractivity contribution is 8.93. The smallest absolute Gasteiger partial charge is 0.216 e. The second-order valence-electron chi connectivity index (χ2n) is 1.91. The van der Waals surface area contributed by atoms with Gasteiger partial charge in [0.2, 0.25) is 11.0 Å². The first-order valence-corrected chi connectivity index (χ1v) is 4.25. The van der Waals surface area contributed by atoms with Gasteiger partial charge in [-0.1, -0.05) is 11.8 Å². The first-order valence-electron chi connectivity index (χ1n) is 3.27. The average Bonchev–Trinajstić information content (AvgIpc) is 1.97. The number of nitrogens with two attached hydrogens (primary N) is 1. The van der Waals surface area contributed by atoms with E-state index in [0.29, 0.717) is 12.3 Å². The number of carbonyl (C=O) groups is 2. The number of rotatable bonds is 4. The highest BCUT2D eigenvalue weighted by Gasteiger charge is 1.97. The molecule has 1 amide bonds. The van der Waals surface area contributed by atoms with Gasteiger partial charge in [0.25, 0.3) is 0 Å². The largest absolute Gasteiger partial charge is 0.356 e.